The van der Waals surface area contributed by atoms with Gasteiger partial charge in [0.2, 0.25) is 0 Å². The monoisotopic (exact) mass is 456 g/mol. The van der Waals surface area contributed by atoms with Crippen LogP contribution >= 0.6 is 15.9 Å². The van der Waals surface area contributed by atoms with Crippen molar-refractivity contribution in [1.29, 1.82) is 0 Å². The maximum Gasteiger partial charge on any atom is 0.416 e. The molecule has 2 aromatic carbocycles. The number of rotatable bonds is 5. The smallest absolute Gasteiger partial charge is 0.416 e. The van der Waals surface area contributed by atoms with Crippen LogP contribution in [0.5, 0.6) is 5.75 Å². The number of amides is 1. The maximum atomic E-state index is 13.2. The van der Waals surface area contributed by atoms with Crippen molar-refractivity contribution in [2.75, 3.05) is 29.9 Å². The van der Waals surface area contributed by atoms with Crippen LogP contribution < -0.4 is 15.0 Å². The number of carbonyl (C=O) groups excluding carboxylic acids is 1. The van der Waals surface area contributed by atoms with E-state index in [0.29, 0.717) is 28.1 Å². The predicted molar refractivity (Wildman–Crippen MR) is 106 cm³/mol. The maximum absolute atomic E-state index is 13.2. The number of hydrogen-bond acceptors (Lipinski definition) is 3. The summed E-state index contributed by atoms with van der Waals surface area (Å²) in [4.78, 5) is 14.7. The number of nitrogens with one attached hydrogen (secondary N) is 1. The van der Waals surface area contributed by atoms with E-state index >= 15 is 0 Å². The van der Waals surface area contributed by atoms with E-state index in [1.165, 1.54) is 6.07 Å². The Kier molecular flexibility index (Phi) is 6.17. The second kappa shape index (κ2) is 8.43. The SMILES string of the molecule is CCOc1ccc(C(=O)Nc2cc(C(F)(F)F)ccc2N2CCCC2)cc1Br. The summed E-state index contributed by atoms with van der Waals surface area (Å²) in [6, 6.07) is 8.29. The average Bonchev–Trinajstić information content (AvgIpc) is 3.17. The topological polar surface area (TPSA) is 41.6 Å². The van der Waals surface area contributed by atoms with Gasteiger partial charge in [0.15, 0.2) is 0 Å². The van der Waals surface area contributed by atoms with Crippen LogP contribution in [0.15, 0.2) is 40.9 Å². The first-order valence-electron chi connectivity index (χ1n) is 8.99. The molecule has 1 heterocycles. The van der Waals surface area contributed by atoms with Gasteiger partial charge in [0.05, 0.1) is 28.0 Å². The van der Waals surface area contributed by atoms with Crippen molar-refractivity contribution < 1.29 is 22.7 Å². The summed E-state index contributed by atoms with van der Waals surface area (Å²) in [5.41, 5.74) is 0.286. The highest BCUT2D eigenvalue weighted by atomic mass is 79.9. The molecule has 0 saturated carbocycles. The third-order valence-electron chi connectivity index (χ3n) is 4.51. The highest BCUT2D eigenvalue weighted by Gasteiger charge is 2.32. The first-order valence-corrected chi connectivity index (χ1v) is 9.79. The molecule has 0 atom stereocenters. The summed E-state index contributed by atoms with van der Waals surface area (Å²) in [5, 5.41) is 2.65. The van der Waals surface area contributed by atoms with E-state index in [0.717, 1.165) is 38.1 Å². The zero-order chi connectivity index (χ0) is 20.3. The van der Waals surface area contributed by atoms with Crippen molar-refractivity contribution >= 4 is 33.2 Å². The van der Waals surface area contributed by atoms with Gasteiger partial charge >= 0.3 is 6.18 Å². The molecule has 0 spiro atoms. The Hall–Kier alpha value is -2.22. The number of nitrogens with zero attached hydrogens (tertiary/aromatic N) is 1. The van der Waals surface area contributed by atoms with Gasteiger partial charge in [-0.1, -0.05) is 0 Å². The molecule has 1 fully saturated rings. The fourth-order valence-corrected chi connectivity index (χ4v) is 3.65. The lowest BCUT2D eigenvalue weighted by molar-refractivity contribution is -0.137. The molecule has 2 aromatic rings. The van der Waals surface area contributed by atoms with Gasteiger partial charge in [-0.2, -0.15) is 13.2 Å². The molecule has 0 aromatic heterocycles. The third-order valence-corrected chi connectivity index (χ3v) is 5.13. The molecule has 1 N–H and O–H groups in total. The molecule has 0 aliphatic carbocycles. The molecule has 4 nitrogen and oxygen atoms in total. The predicted octanol–water partition coefficient (Wildman–Crippen LogP) is 5.72. The average molecular weight is 457 g/mol. The molecule has 1 aliphatic rings. The fourth-order valence-electron chi connectivity index (χ4n) is 3.16. The molecule has 1 saturated heterocycles. The van der Waals surface area contributed by atoms with E-state index in [2.05, 4.69) is 21.2 Å². The summed E-state index contributed by atoms with van der Waals surface area (Å²) < 4.78 is 45.5. The molecule has 0 radical (unpaired) electrons. The molecule has 150 valence electrons. The van der Waals surface area contributed by atoms with Gasteiger partial charge in [0.25, 0.3) is 5.91 Å². The quantitative estimate of drug-likeness (QED) is 0.625. The van der Waals surface area contributed by atoms with Gasteiger partial charge in [0, 0.05) is 18.7 Å². The third kappa shape index (κ3) is 4.60. The van der Waals surface area contributed by atoms with Crippen LogP contribution in [0.2, 0.25) is 0 Å². The highest BCUT2D eigenvalue weighted by Crippen LogP contribution is 2.37. The van der Waals surface area contributed by atoms with Gasteiger partial charge in [0.1, 0.15) is 5.75 Å². The van der Waals surface area contributed by atoms with Gasteiger partial charge in [-0.25, -0.2) is 0 Å². The van der Waals surface area contributed by atoms with Crippen LogP contribution in [0, 0.1) is 0 Å². The Morgan fingerprint density at radius 2 is 1.89 bits per heavy atom. The lowest BCUT2D eigenvalue weighted by atomic mass is 10.1. The zero-order valence-electron chi connectivity index (χ0n) is 15.3. The minimum atomic E-state index is -4.48. The summed E-state index contributed by atoms with van der Waals surface area (Å²) >= 11 is 3.35. The molecule has 1 aliphatic heterocycles. The Bertz CT molecular complexity index is 865. The fraction of sp³-hybridized carbons (Fsp3) is 0.350. The number of anilines is 2. The lowest BCUT2D eigenvalue weighted by Crippen LogP contribution is -2.22. The normalized spacial score (nSPS) is 14.2. The van der Waals surface area contributed by atoms with Crippen molar-refractivity contribution in [2.45, 2.75) is 25.9 Å². The van der Waals surface area contributed by atoms with Crippen molar-refractivity contribution in [1.82, 2.24) is 0 Å². The Morgan fingerprint density at radius 1 is 1.18 bits per heavy atom. The minimum Gasteiger partial charge on any atom is -0.493 e. The van der Waals surface area contributed by atoms with Crippen molar-refractivity contribution in [3.8, 4) is 5.75 Å². The van der Waals surface area contributed by atoms with E-state index < -0.39 is 17.6 Å². The first kappa shape index (κ1) is 20.5. The van der Waals surface area contributed by atoms with Crippen LogP contribution in [0.3, 0.4) is 0 Å². The van der Waals surface area contributed by atoms with Crippen molar-refractivity contribution in [2.24, 2.45) is 0 Å². The number of benzene rings is 2. The Labute approximate surface area is 169 Å². The van der Waals surface area contributed by atoms with Crippen LogP contribution in [-0.2, 0) is 6.18 Å². The van der Waals surface area contributed by atoms with E-state index in [-0.39, 0.29) is 5.69 Å². The molecule has 0 bridgehead atoms. The van der Waals surface area contributed by atoms with Crippen molar-refractivity contribution in [3.63, 3.8) is 0 Å². The van der Waals surface area contributed by atoms with Crippen LogP contribution in [0.1, 0.15) is 35.7 Å². The van der Waals surface area contributed by atoms with Crippen LogP contribution in [0.25, 0.3) is 0 Å². The molecular formula is C20H20BrF3N2O2. The summed E-state index contributed by atoms with van der Waals surface area (Å²) in [7, 11) is 0. The van der Waals surface area contributed by atoms with E-state index in [9.17, 15) is 18.0 Å². The summed E-state index contributed by atoms with van der Waals surface area (Å²) in [5.74, 6) is 0.111. The molecule has 0 unspecified atom stereocenters. The van der Waals surface area contributed by atoms with E-state index in [1.54, 1.807) is 18.2 Å². The summed E-state index contributed by atoms with van der Waals surface area (Å²) in [6.45, 7) is 3.83. The number of alkyl halides is 3. The molecule has 1 amide bonds. The summed E-state index contributed by atoms with van der Waals surface area (Å²) in [6.07, 6.45) is -2.54. The number of ether oxygens (including phenoxy) is 1. The number of carbonyl (C=O) groups is 1. The standard InChI is InChI=1S/C20H20BrF3N2O2/c1-2-28-18-8-5-13(11-15(18)21)19(27)25-16-12-14(20(22,23)24)6-7-17(16)26-9-3-4-10-26/h5-8,11-12H,2-4,9-10H2,1H3,(H,25,27). The van der Waals surface area contributed by atoms with Crippen molar-refractivity contribution in [3.05, 3.63) is 52.0 Å². The minimum absolute atomic E-state index is 0.159. The molecule has 3 rings (SSSR count). The second-order valence-corrected chi connectivity index (χ2v) is 7.31. The molecule has 28 heavy (non-hydrogen) atoms. The Morgan fingerprint density at radius 3 is 2.50 bits per heavy atom. The Balaban J connectivity index is 1.90. The number of hydrogen-bond donors (Lipinski definition) is 1. The molecule has 8 heteroatoms. The van der Waals surface area contributed by atoms with Gasteiger partial charge in [-0.05, 0) is 72.1 Å². The van der Waals surface area contributed by atoms with E-state index in [1.807, 2.05) is 11.8 Å². The van der Waals surface area contributed by atoms with Gasteiger partial charge < -0.3 is 15.0 Å². The van der Waals surface area contributed by atoms with Crippen LogP contribution in [0.4, 0.5) is 24.5 Å². The van der Waals surface area contributed by atoms with E-state index in [4.69, 9.17) is 4.74 Å². The second-order valence-electron chi connectivity index (χ2n) is 6.46. The highest BCUT2D eigenvalue weighted by molar-refractivity contribution is 9.10. The first-order chi connectivity index (χ1) is 13.3. The lowest BCUT2D eigenvalue weighted by Gasteiger charge is -2.23. The molecular weight excluding hydrogens is 437 g/mol. The zero-order valence-corrected chi connectivity index (χ0v) is 16.9. The van der Waals surface area contributed by atoms with Gasteiger partial charge in [-0.3, -0.25) is 4.79 Å². The van der Waals surface area contributed by atoms with Crippen LogP contribution in [-0.4, -0.2) is 25.6 Å². The van der Waals surface area contributed by atoms with Gasteiger partial charge in [-0.15, -0.1) is 0 Å². The largest absolute Gasteiger partial charge is 0.493 e. The number of halogens is 4.